The third-order valence-corrected chi connectivity index (χ3v) is 2.76. The van der Waals surface area contributed by atoms with Gasteiger partial charge in [-0.1, -0.05) is 0 Å². The number of carboxylic acids is 1. The number of carbonyl (C=O) groups excluding carboxylic acids is 1. The molecule has 1 fully saturated rings. The summed E-state index contributed by atoms with van der Waals surface area (Å²) >= 11 is 0. The minimum Gasteiger partial charge on any atom is -0.480 e. The molecule has 2 atom stereocenters. The summed E-state index contributed by atoms with van der Waals surface area (Å²) in [6, 6.07) is -1.27. The molecule has 1 rings (SSSR count). The summed E-state index contributed by atoms with van der Waals surface area (Å²) in [6.07, 6.45) is 1.07. The Morgan fingerprint density at radius 1 is 1.56 bits per heavy atom. The number of nitrogens with one attached hydrogen (secondary N) is 2. The van der Waals surface area contributed by atoms with Crippen molar-refractivity contribution >= 4 is 12.0 Å². The molecule has 0 aromatic heterocycles. The van der Waals surface area contributed by atoms with Crippen LogP contribution < -0.4 is 10.6 Å². The van der Waals surface area contributed by atoms with Crippen molar-refractivity contribution in [3.8, 4) is 0 Å². The monoisotopic (exact) mass is 229 g/mol. The minimum atomic E-state index is -1.03. The molecule has 1 heterocycles. The predicted octanol–water partition coefficient (Wildman–Crippen LogP) is -0.290. The van der Waals surface area contributed by atoms with Crippen LogP contribution in [0.5, 0.6) is 0 Å². The highest BCUT2D eigenvalue weighted by Crippen LogP contribution is 2.12. The van der Waals surface area contributed by atoms with E-state index in [4.69, 9.17) is 5.11 Å². The highest BCUT2D eigenvalue weighted by Gasteiger charge is 2.20. The molecule has 1 aliphatic heterocycles. The summed E-state index contributed by atoms with van der Waals surface area (Å²) < 4.78 is 0. The van der Waals surface area contributed by atoms with Crippen LogP contribution in [-0.2, 0) is 4.79 Å². The van der Waals surface area contributed by atoms with E-state index in [1.165, 1.54) is 6.92 Å². The SMILES string of the molecule is C[C@H](NC(=O)NCC1CCN(C)C1)C(=O)O. The zero-order chi connectivity index (χ0) is 12.1. The fraction of sp³-hybridized carbons (Fsp3) is 0.800. The molecule has 3 N–H and O–H groups in total. The first-order valence-corrected chi connectivity index (χ1v) is 5.44. The largest absolute Gasteiger partial charge is 0.480 e. The summed E-state index contributed by atoms with van der Waals surface area (Å²) in [5.41, 5.74) is 0. The number of aliphatic carboxylic acids is 1. The van der Waals surface area contributed by atoms with Crippen molar-refractivity contribution in [1.29, 1.82) is 0 Å². The van der Waals surface area contributed by atoms with E-state index in [0.29, 0.717) is 12.5 Å². The molecule has 0 aliphatic carbocycles. The van der Waals surface area contributed by atoms with E-state index in [1.54, 1.807) is 0 Å². The van der Waals surface area contributed by atoms with Gasteiger partial charge in [-0.2, -0.15) is 0 Å². The molecule has 0 radical (unpaired) electrons. The van der Waals surface area contributed by atoms with Crippen molar-refractivity contribution in [1.82, 2.24) is 15.5 Å². The molecule has 0 spiro atoms. The van der Waals surface area contributed by atoms with Crippen molar-refractivity contribution < 1.29 is 14.7 Å². The topological polar surface area (TPSA) is 81.7 Å². The lowest BCUT2D eigenvalue weighted by molar-refractivity contribution is -0.138. The van der Waals surface area contributed by atoms with Crippen molar-refractivity contribution in [2.75, 3.05) is 26.7 Å². The predicted molar refractivity (Wildman–Crippen MR) is 59.2 cm³/mol. The first-order valence-electron chi connectivity index (χ1n) is 5.44. The number of carbonyl (C=O) groups is 2. The molecule has 1 aliphatic rings. The van der Waals surface area contributed by atoms with Gasteiger partial charge in [-0.25, -0.2) is 4.79 Å². The number of urea groups is 1. The lowest BCUT2D eigenvalue weighted by atomic mass is 10.1. The number of likely N-dealkylation sites (tertiary alicyclic amines) is 1. The fourth-order valence-electron chi connectivity index (χ4n) is 1.74. The van der Waals surface area contributed by atoms with Crippen LogP contribution in [0.15, 0.2) is 0 Å². The number of hydrogen-bond donors (Lipinski definition) is 3. The van der Waals surface area contributed by atoms with Gasteiger partial charge >= 0.3 is 12.0 Å². The molecular weight excluding hydrogens is 210 g/mol. The Kier molecular flexibility index (Phi) is 4.54. The smallest absolute Gasteiger partial charge is 0.325 e. The van der Waals surface area contributed by atoms with Crippen molar-refractivity contribution in [3.63, 3.8) is 0 Å². The maximum Gasteiger partial charge on any atom is 0.325 e. The van der Waals surface area contributed by atoms with Crippen molar-refractivity contribution in [2.24, 2.45) is 5.92 Å². The Bertz CT molecular complexity index is 270. The van der Waals surface area contributed by atoms with Gasteiger partial charge in [0.2, 0.25) is 0 Å². The van der Waals surface area contributed by atoms with Gasteiger partial charge in [-0.15, -0.1) is 0 Å². The molecule has 0 bridgehead atoms. The van der Waals surface area contributed by atoms with Crippen LogP contribution in [0.25, 0.3) is 0 Å². The number of amides is 2. The standard InChI is InChI=1S/C10H19N3O3/c1-7(9(14)15)12-10(16)11-5-8-3-4-13(2)6-8/h7-8H,3-6H2,1-2H3,(H,14,15)(H2,11,12,16)/t7-,8?/m0/s1. The minimum absolute atomic E-state index is 0.413. The van der Waals surface area contributed by atoms with Gasteiger partial charge in [-0.3, -0.25) is 4.79 Å². The van der Waals surface area contributed by atoms with E-state index in [9.17, 15) is 9.59 Å². The van der Waals surface area contributed by atoms with Crippen LogP contribution in [0.2, 0.25) is 0 Å². The third kappa shape index (κ3) is 4.06. The van der Waals surface area contributed by atoms with E-state index in [0.717, 1.165) is 19.5 Å². The van der Waals surface area contributed by atoms with Gasteiger partial charge in [0.1, 0.15) is 6.04 Å². The molecule has 16 heavy (non-hydrogen) atoms. The Balaban J connectivity index is 2.17. The second-order valence-corrected chi connectivity index (χ2v) is 4.33. The lowest BCUT2D eigenvalue weighted by Gasteiger charge is -2.14. The van der Waals surface area contributed by atoms with E-state index in [1.807, 2.05) is 7.05 Å². The quantitative estimate of drug-likeness (QED) is 0.618. The van der Waals surface area contributed by atoms with Gasteiger partial charge in [0, 0.05) is 13.1 Å². The Hall–Kier alpha value is -1.30. The molecule has 1 saturated heterocycles. The molecule has 92 valence electrons. The molecule has 6 heteroatoms. The normalized spacial score (nSPS) is 22.8. The molecular formula is C10H19N3O3. The first kappa shape index (κ1) is 12.8. The van der Waals surface area contributed by atoms with Crippen molar-refractivity contribution in [3.05, 3.63) is 0 Å². The summed E-state index contributed by atoms with van der Waals surface area (Å²) in [6.45, 7) is 4.07. The molecule has 1 unspecified atom stereocenters. The average molecular weight is 229 g/mol. The molecule has 6 nitrogen and oxygen atoms in total. The van der Waals surface area contributed by atoms with Crippen molar-refractivity contribution in [2.45, 2.75) is 19.4 Å². The zero-order valence-corrected chi connectivity index (χ0v) is 9.69. The van der Waals surface area contributed by atoms with Gasteiger partial charge < -0.3 is 20.6 Å². The average Bonchev–Trinajstić information content (AvgIpc) is 2.61. The number of carboxylic acid groups (broad SMARTS) is 1. The molecule has 0 aromatic rings. The highest BCUT2D eigenvalue weighted by molar-refractivity contribution is 5.82. The summed E-state index contributed by atoms with van der Waals surface area (Å²) in [5, 5.41) is 13.6. The number of rotatable bonds is 4. The van der Waals surface area contributed by atoms with Crippen LogP contribution in [0, 0.1) is 5.92 Å². The van der Waals surface area contributed by atoms with Gasteiger partial charge in [0.15, 0.2) is 0 Å². The second-order valence-electron chi connectivity index (χ2n) is 4.33. The summed E-state index contributed by atoms with van der Waals surface area (Å²) in [4.78, 5) is 24.0. The van der Waals surface area contributed by atoms with E-state index >= 15 is 0 Å². The van der Waals surface area contributed by atoms with E-state index < -0.39 is 18.0 Å². The summed E-state index contributed by atoms with van der Waals surface area (Å²) in [7, 11) is 2.05. The van der Waals surface area contributed by atoms with Crippen LogP contribution in [0.1, 0.15) is 13.3 Å². The van der Waals surface area contributed by atoms with Gasteiger partial charge in [0.25, 0.3) is 0 Å². The van der Waals surface area contributed by atoms with Gasteiger partial charge in [-0.05, 0) is 32.9 Å². The number of nitrogens with zero attached hydrogens (tertiary/aromatic N) is 1. The molecule has 0 aromatic carbocycles. The molecule has 2 amide bonds. The number of hydrogen-bond acceptors (Lipinski definition) is 3. The first-order chi connectivity index (χ1) is 7.49. The maximum absolute atomic E-state index is 11.3. The van der Waals surface area contributed by atoms with Crippen LogP contribution >= 0.6 is 0 Å². The maximum atomic E-state index is 11.3. The highest BCUT2D eigenvalue weighted by atomic mass is 16.4. The second kappa shape index (κ2) is 5.69. The Labute approximate surface area is 95.0 Å². The zero-order valence-electron chi connectivity index (χ0n) is 9.69. The van der Waals surface area contributed by atoms with Crippen LogP contribution in [0.3, 0.4) is 0 Å². The van der Waals surface area contributed by atoms with E-state index in [-0.39, 0.29) is 0 Å². The fourth-order valence-corrected chi connectivity index (χ4v) is 1.74. The van der Waals surface area contributed by atoms with Crippen LogP contribution in [-0.4, -0.2) is 54.7 Å². The summed E-state index contributed by atoms with van der Waals surface area (Å²) in [5.74, 6) is -0.563. The van der Waals surface area contributed by atoms with Gasteiger partial charge in [0.05, 0.1) is 0 Å². The Morgan fingerprint density at radius 3 is 2.75 bits per heavy atom. The molecule has 0 saturated carbocycles. The third-order valence-electron chi connectivity index (χ3n) is 2.76. The van der Waals surface area contributed by atoms with Crippen LogP contribution in [0.4, 0.5) is 4.79 Å². The Morgan fingerprint density at radius 2 is 2.25 bits per heavy atom. The van der Waals surface area contributed by atoms with E-state index in [2.05, 4.69) is 15.5 Å². The lowest BCUT2D eigenvalue weighted by Crippen LogP contribution is -2.45.